The smallest absolute Gasteiger partial charge is 0.169 e. The summed E-state index contributed by atoms with van der Waals surface area (Å²) in [7, 11) is 0. The summed E-state index contributed by atoms with van der Waals surface area (Å²) in [4.78, 5) is 2.69. The number of aryl methyl sites for hydroxylation is 2. The number of hydrogen-bond donors (Lipinski definition) is 1. The van der Waals surface area contributed by atoms with Crippen LogP contribution >= 0.6 is 27.3 Å². The van der Waals surface area contributed by atoms with Gasteiger partial charge in [0, 0.05) is 9.75 Å². The van der Waals surface area contributed by atoms with E-state index >= 15 is 0 Å². The van der Waals surface area contributed by atoms with Gasteiger partial charge in [0.05, 0.1) is 6.04 Å². The molecule has 2 rings (SSSR count). The van der Waals surface area contributed by atoms with Crippen LogP contribution in [-0.2, 0) is 0 Å². The van der Waals surface area contributed by atoms with E-state index < -0.39 is 0 Å². The lowest BCUT2D eigenvalue weighted by atomic mass is 10.1. The van der Waals surface area contributed by atoms with E-state index in [1.54, 1.807) is 0 Å². The maximum absolute atomic E-state index is 5.68. The molecule has 0 saturated heterocycles. The molecule has 0 radical (unpaired) electrons. The molecule has 0 aliphatic heterocycles. The summed E-state index contributed by atoms with van der Waals surface area (Å²) in [5.74, 6) is 0.958. The lowest BCUT2D eigenvalue weighted by Gasteiger charge is -2.15. The van der Waals surface area contributed by atoms with Crippen molar-refractivity contribution >= 4 is 27.3 Å². The molecular formula is C13H16BrNOS. The molecular weight excluding hydrogens is 298 g/mol. The van der Waals surface area contributed by atoms with E-state index in [1.807, 2.05) is 23.5 Å². The highest BCUT2D eigenvalue weighted by Crippen LogP contribution is 2.32. The van der Waals surface area contributed by atoms with Crippen LogP contribution in [0.5, 0.6) is 0 Å². The molecule has 1 N–H and O–H groups in total. The third-order valence-corrected chi connectivity index (χ3v) is 4.09. The molecule has 2 aromatic rings. The number of rotatable bonds is 4. The molecule has 92 valence electrons. The lowest BCUT2D eigenvalue weighted by Crippen LogP contribution is -2.21. The van der Waals surface area contributed by atoms with Gasteiger partial charge in [-0.15, -0.1) is 11.3 Å². The maximum Gasteiger partial charge on any atom is 0.169 e. The first kappa shape index (κ1) is 12.9. The van der Waals surface area contributed by atoms with Crippen molar-refractivity contribution in [3.05, 3.63) is 43.9 Å². The number of thiophene rings is 1. The van der Waals surface area contributed by atoms with Crippen LogP contribution in [0.4, 0.5) is 0 Å². The van der Waals surface area contributed by atoms with E-state index in [-0.39, 0.29) is 6.04 Å². The van der Waals surface area contributed by atoms with Gasteiger partial charge in [0.2, 0.25) is 0 Å². The number of furan rings is 1. The van der Waals surface area contributed by atoms with Crippen molar-refractivity contribution in [2.75, 3.05) is 6.54 Å². The first-order valence-corrected chi connectivity index (χ1v) is 7.28. The lowest BCUT2D eigenvalue weighted by molar-refractivity contribution is 0.437. The van der Waals surface area contributed by atoms with Crippen molar-refractivity contribution in [2.24, 2.45) is 0 Å². The molecule has 17 heavy (non-hydrogen) atoms. The number of hydrogen-bond acceptors (Lipinski definition) is 3. The Kier molecular flexibility index (Phi) is 4.07. The summed E-state index contributed by atoms with van der Waals surface area (Å²) in [5.41, 5.74) is 1.32. The van der Waals surface area contributed by atoms with Gasteiger partial charge >= 0.3 is 0 Å². The van der Waals surface area contributed by atoms with E-state index in [2.05, 4.69) is 48.1 Å². The van der Waals surface area contributed by atoms with E-state index in [1.165, 1.54) is 15.3 Å². The van der Waals surface area contributed by atoms with Gasteiger partial charge < -0.3 is 9.73 Å². The molecule has 0 saturated carbocycles. The van der Waals surface area contributed by atoms with Gasteiger partial charge in [-0.2, -0.15) is 0 Å². The van der Waals surface area contributed by atoms with Gasteiger partial charge in [0.15, 0.2) is 4.67 Å². The topological polar surface area (TPSA) is 25.2 Å². The second-order valence-electron chi connectivity index (χ2n) is 4.00. The van der Waals surface area contributed by atoms with Gasteiger partial charge in [-0.1, -0.05) is 6.92 Å². The van der Waals surface area contributed by atoms with Crippen LogP contribution in [0, 0.1) is 13.8 Å². The fourth-order valence-electron chi connectivity index (χ4n) is 1.99. The summed E-state index contributed by atoms with van der Waals surface area (Å²) in [6.45, 7) is 7.33. The molecule has 0 bridgehead atoms. The zero-order chi connectivity index (χ0) is 12.4. The molecule has 4 heteroatoms. The molecule has 0 amide bonds. The second kappa shape index (κ2) is 5.38. The van der Waals surface area contributed by atoms with Crippen molar-refractivity contribution in [3.63, 3.8) is 0 Å². The summed E-state index contributed by atoms with van der Waals surface area (Å²) < 4.78 is 6.45. The fourth-order valence-corrected chi connectivity index (χ4v) is 3.27. The Morgan fingerprint density at radius 2 is 2.18 bits per heavy atom. The van der Waals surface area contributed by atoms with Gasteiger partial charge in [-0.3, -0.25) is 0 Å². The van der Waals surface area contributed by atoms with Crippen LogP contribution < -0.4 is 5.32 Å². The average Bonchev–Trinajstić information content (AvgIpc) is 2.82. The van der Waals surface area contributed by atoms with E-state index in [4.69, 9.17) is 4.42 Å². The standard InChI is InChI=1S/C13H16BrNOS/c1-4-15-13(11-5-6-12(14)16-11)10-7-8(2)17-9(10)3/h5-7,13,15H,4H2,1-3H3. The Hall–Kier alpha value is -0.580. The van der Waals surface area contributed by atoms with E-state index in [0.717, 1.165) is 17.0 Å². The fraction of sp³-hybridized carbons (Fsp3) is 0.385. The second-order valence-corrected chi connectivity index (χ2v) is 6.24. The molecule has 2 nitrogen and oxygen atoms in total. The Labute approximate surface area is 114 Å². The Balaban J connectivity index is 2.38. The molecule has 0 aromatic carbocycles. The highest BCUT2D eigenvalue weighted by Gasteiger charge is 2.20. The minimum Gasteiger partial charge on any atom is -0.452 e. The minimum absolute atomic E-state index is 0.149. The SMILES string of the molecule is CCNC(c1ccc(Br)o1)c1cc(C)sc1C. The molecule has 1 atom stereocenters. The van der Waals surface area contributed by atoms with Crippen molar-refractivity contribution in [2.45, 2.75) is 26.8 Å². The third-order valence-electron chi connectivity index (χ3n) is 2.68. The van der Waals surface area contributed by atoms with Crippen molar-refractivity contribution < 1.29 is 4.42 Å². The first-order valence-electron chi connectivity index (χ1n) is 5.67. The largest absolute Gasteiger partial charge is 0.452 e. The zero-order valence-corrected chi connectivity index (χ0v) is 12.6. The van der Waals surface area contributed by atoms with Crippen LogP contribution in [0.2, 0.25) is 0 Å². The molecule has 0 aliphatic carbocycles. The summed E-state index contributed by atoms with van der Waals surface area (Å²) >= 11 is 5.19. The number of halogens is 1. The van der Waals surface area contributed by atoms with Gasteiger partial charge in [0.25, 0.3) is 0 Å². The Bertz CT molecular complexity index is 503. The normalized spacial score (nSPS) is 12.9. The summed E-state index contributed by atoms with van der Waals surface area (Å²) in [6.07, 6.45) is 0. The summed E-state index contributed by atoms with van der Waals surface area (Å²) in [5, 5.41) is 3.47. The molecule has 0 aliphatic rings. The molecule has 2 aromatic heterocycles. The predicted octanol–water partition coefficient (Wildman–Crippen LogP) is 4.42. The first-order chi connectivity index (χ1) is 8.11. The van der Waals surface area contributed by atoms with Crippen molar-refractivity contribution in [1.82, 2.24) is 5.32 Å². The minimum atomic E-state index is 0.149. The van der Waals surface area contributed by atoms with E-state index in [9.17, 15) is 0 Å². The third kappa shape index (κ3) is 2.81. The monoisotopic (exact) mass is 313 g/mol. The van der Waals surface area contributed by atoms with Gasteiger partial charge in [-0.25, -0.2) is 0 Å². The molecule has 2 heterocycles. The highest BCUT2D eigenvalue weighted by atomic mass is 79.9. The molecule has 0 fully saturated rings. The Morgan fingerprint density at radius 3 is 2.65 bits per heavy atom. The van der Waals surface area contributed by atoms with Gasteiger partial charge in [0.1, 0.15) is 5.76 Å². The van der Waals surface area contributed by atoms with Crippen LogP contribution in [0.25, 0.3) is 0 Å². The van der Waals surface area contributed by atoms with Crippen molar-refractivity contribution in [3.8, 4) is 0 Å². The highest BCUT2D eigenvalue weighted by molar-refractivity contribution is 9.10. The average molecular weight is 314 g/mol. The number of nitrogens with one attached hydrogen (secondary N) is 1. The Morgan fingerprint density at radius 1 is 1.41 bits per heavy atom. The predicted molar refractivity (Wildman–Crippen MR) is 75.7 cm³/mol. The van der Waals surface area contributed by atoms with Crippen LogP contribution in [0.3, 0.4) is 0 Å². The van der Waals surface area contributed by atoms with Crippen molar-refractivity contribution in [1.29, 1.82) is 0 Å². The molecule has 0 spiro atoms. The van der Waals surface area contributed by atoms with Crippen LogP contribution in [0.1, 0.15) is 34.0 Å². The molecule has 1 unspecified atom stereocenters. The maximum atomic E-state index is 5.68. The van der Waals surface area contributed by atoms with Crippen LogP contribution in [0.15, 0.2) is 27.3 Å². The van der Waals surface area contributed by atoms with Crippen LogP contribution in [-0.4, -0.2) is 6.54 Å². The zero-order valence-electron chi connectivity index (χ0n) is 10.2. The summed E-state index contributed by atoms with van der Waals surface area (Å²) in [6, 6.07) is 6.35. The van der Waals surface area contributed by atoms with Gasteiger partial charge in [-0.05, 0) is 60.1 Å². The van der Waals surface area contributed by atoms with E-state index in [0.29, 0.717) is 0 Å². The quantitative estimate of drug-likeness (QED) is 0.904.